The van der Waals surface area contributed by atoms with Gasteiger partial charge in [0.1, 0.15) is 23.7 Å². The molecule has 2 aromatic carbocycles. The molecule has 5 amide bonds. The van der Waals surface area contributed by atoms with Crippen molar-refractivity contribution in [1.29, 1.82) is 0 Å². The number of amides is 5. The summed E-state index contributed by atoms with van der Waals surface area (Å²) in [6.45, 7) is 15.8. The lowest BCUT2D eigenvalue weighted by molar-refractivity contribution is -0.142. The summed E-state index contributed by atoms with van der Waals surface area (Å²) in [4.78, 5) is 79.3. The van der Waals surface area contributed by atoms with Gasteiger partial charge in [-0.1, -0.05) is 63.6 Å². The van der Waals surface area contributed by atoms with Crippen molar-refractivity contribution >= 4 is 35.7 Å². The third-order valence-corrected chi connectivity index (χ3v) is 10.1. The van der Waals surface area contributed by atoms with Crippen molar-refractivity contribution in [3.05, 3.63) is 59.7 Å². The molecule has 0 radical (unpaired) electrons. The van der Waals surface area contributed by atoms with Crippen LogP contribution in [0.2, 0.25) is 0 Å². The number of nitrogens with zero attached hydrogens (tertiary/aromatic N) is 1. The minimum atomic E-state index is -1.23. The Labute approximate surface area is 349 Å². The van der Waals surface area contributed by atoms with Gasteiger partial charge in [0.2, 0.25) is 17.7 Å². The third kappa shape index (κ3) is 16.7. The van der Waals surface area contributed by atoms with Gasteiger partial charge in [-0.25, -0.2) is 9.59 Å². The summed E-state index contributed by atoms with van der Waals surface area (Å²) in [5.41, 5.74) is 3.36. The quantitative estimate of drug-likeness (QED) is 0.0960. The fourth-order valence-corrected chi connectivity index (χ4v) is 6.59. The molecule has 3 rings (SSSR count). The number of hydrogen-bond acceptors (Lipinski definition) is 8. The summed E-state index contributed by atoms with van der Waals surface area (Å²) in [6.07, 6.45) is 3.81. The topological polar surface area (TPSA) is 192 Å². The second-order valence-corrected chi connectivity index (χ2v) is 16.9. The highest BCUT2D eigenvalue weighted by Crippen LogP contribution is 2.24. The first-order valence-corrected chi connectivity index (χ1v) is 21.1. The molecular weight excluding hydrogens is 755 g/mol. The summed E-state index contributed by atoms with van der Waals surface area (Å²) < 4.78 is 11.1. The molecule has 0 aromatic heterocycles. The van der Waals surface area contributed by atoms with Gasteiger partial charge in [0.05, 0.1) is 6.10 Å². The Balaban J connectivity index is 1.54. The first kappa shape index (κ1) is 48.4. The van der Waals surface area contributed by atoms with Gasteiger partial charge in [0, 0.05) is 37.7 Å². The first-order chi connectivity index (χ1) is 27.9. The van der Waals surface area contributed by atoms with Gasteiger partial charge in [-0.3, -0.25) is 19.2 Å². The van der Waals surface area contributed by atoms with E-state index in [9.17, 15) is 33.9 Å². The van der Waals surface area contributed by atoms with E-state index in [0.717, 1.165) is 30.4 Å². The second-order valence-electron chi connectivity index (χ2n) is 16.9. The predicted molar refractivity (Wildman–Crippen MR) is 227 cm³/mol. The molecule has 0 saturated carbocycles. The molecule has 1 aliphatic rings. The fraction of sp³-hybridized carbons (Fsp3) is 0.600. The molecular formula is C45H67N5O9. The molecule has 0 spiro atoms. The van der Waals surface area contributed by atoms with Crippen molar-refractivity contribution < 1.29 is 43.3 Å². The van der Waals surface area contributed by atoms with Crippen molar-refractivity contribution in [2.75, 3.05) is 26.2 Å². The highest BCUT2D eigenvalue weighted by atomic mass is 16.6. The maximum Gasteiger partial charge on any atom is 0.407 e. The maximum absolute atomic E-state index is 13.6. The molecule has 5 N–H and O–H groups in total. The smallest absolute Gasteiger partial charge is 0.407 e. The van der Waals surface area contributed by atoms with Gasteiger partial charge in [0.25, 0.3) is 5.91 Å². The van der Waals surface area contributed by atoms with E-state index in [2.05, 4.69) is 52.5 Å². The zero-order valence-electron chi connectivity index (χ0n) is 36.2. The van der Waals surface area contributed by atoms with Crippen molar-refractivity contribution in [2.24, 2.45) is 11.8 Å². The van der Waals surface area contributed by atoms with Gasteiger partial charge in [-0.05, 0) is 114 Å². The molecule has 59 heavy (non-hydrogen) atoms. The zero-order valence-corrected chi connectivity index (χ0v) is 36.2. The molecule has 1 fully saturated rings. The van der Waals surface area contributed by atoms with E-state index in [-0.39, 0.29) is 30.7 Å². The van der Waals surface area contributed by atoms with Crippen LogP contribution in [-0.2, 0) is 35.1 Å². The van der Waals surface area contributed by atoms with Crippen LogP contribution in [-0.4, -0.2) is 102 Å². The van der Waals surface area contributed by atoms with Gasteiger partial charge in [0.15, 0.2) is 0 Å². The molecule has 4 atom stereocenters. The van der Waals surface area contributed by atoms with Crippen LogP contribution in [0, 0.1) is 11.8 Å². The van der Waals surface area contributed by atoms with E-state index in [4.69, 9.17) is 9.47 Å². The van der Waals surface area contributed by atoms with Crippen LogP contribution in [0.15, 0.2) is 48.5 Å². The van der Waals surface area contributed by atoms with Crippen LogP contribution in [0.5, 0.6) is 0 Å². The van der Waals surface area contributed by atoms with E-state index in [0.29, 0.717) is 50.9 Å². The highest BCUT2D eigenvalue weighted by molar-refractivity contribution is 5.95. The molecule has 1 aliphatic heterocycles. The maximum atomic E-state index is 13.6. The third-order valence-electron chi connectivity index (χ3n) is 10.1. The molecule has 1 heterocycles. The number of benzene rings is 2. The number of piperidine rings is 1. The van der Waals surface area contributed by atoms with Gasteiger partial charge < -0.3 is 40.7 Å². The van der Waals surface area contributed by atoms with Crippen LogP contribution >= 0.6 is 0 Å². The number of aliphatic carboxylic acids is 1. The van der Waals surface area contributed by atoms with Crippen LogP contribution in [0.25, 0.3) is 11.1 Å². The number of hydrogen-bond donors (Lipinski definition) is 5. The summed E-state index contributed by atoms with van der Waals surface area (Å²) in [6, 6.07) is 12.6. The van der Waals surface area contributed by atoms with E-state index in [1.165, 1.54) is 12.5 Å². The van der Waals surface area contributed by atoms with E-state index >= 15 is 0 Å². The molecule has 14 heteroatoms. The normalized spacial score (nSPS) is 15.4. The number of carbonyl (C=O) groups excluding carboxylic acids is 5. The average Bonchev–Trinajstić information content (AvgIpc) is 3.19. The van der Waals surface area contributed by atoms with Gasteiger partial charge in [-0.15, -0.1) is 0 Å². The lowest BCUT2D eigenvalue weighted by Crippen LogP contribution is -2.59. The van der Waals surface area contributed by atoms with E-state index in [1.807, 2.05) is 38.1 Å². The summed E-state index contributed by atoms with van der Waals surface area (Å²) in [7, 11) is 0. The minimum Gasteiger partial charge on any atom is -0.480 e. The van der Waals surface area contributed by atoms with Gasteiger partial charge in [-0.2, -0.15) is 0 Å². The van der Waals surface area contributed by atoms with Crippen molar-refractivity contribution in [3.8, 4) is 11.1 Å². The molecule has 2 aromatic rings. The number of rotatable bonds is 21. The fourth-order valence-electron chi connectivity index (χ4n) is 6.59. The Hall–Kier alpha value is -4.98. The van der Waals surface area contributed by atoms with Crippen molar-refractivity contribution in [3.63, 3.8) is 0 Å². The predicted octanol–water partition coefficient (Wildman–Crippen LogP) is 5.86. The van der Waals surface area contributed by atoms with Crippen LogP contribution in [0.1, 0.15) is 116 Å². The average molecular weight is 822 g/mol. The Morgan fingerprint density at radius 1 is 0.814 bits per heavy atom. The number of carboxylic acid groups (broad SMARTS) is 1. The lowest BCUT2D eigenvalue weighted by atomic mass is 9.94. The van der Waals surface area contributed by atoms with Crippen LogP contribution in [0.4, 0.5) is 4.79 Å². The number of ether oxygens (including phenoxy) is 2. The number of aryl methyl sites for hydroxylation is 1. The number of carboxylic acids is 1. The Kier molecular flexibility index (Phi) is 19.3. The minimum absolute atomic E-state index is 0.0986. The van der Waals surface area contributed by atoms with E-state index < -0.39 is 59.6 Å². The Morgan fingerprint density at radius 2 is 1.42 bits per heavy atom. The van der Waals surface area contributed by atoms with Gasteiger partial charge >= 0.3 is 12.1 Å². The largest absolute Gasteiger partial charge is 0.480 e. The molecule has 0 bridgehead atoms. The lowest BCUT2D eigenvalue weighted by Gasteiger charge is -2.33. The zero-order chi connectivity index (χ0) is 43.7. The molecule has 0 unspecified atom stereocenters. The van der Waals surface area contributed by atoms with Crippen LogP contribution in [0.3, 0.4) is 0 Å². The molecule has 326 valence electrons. The molecule has 1 saturated heterocycles. The SMILES string of the molecule is CCCCc1ccc(-c2ccc(C(=O)N3CCC(C(=O)N[C@H](C(=O)N[C@@H](C)C(=O)N[C@@H](CCCCNC(=O)OC(C)(C)C)C(=O)O)[C@@H](C)OCC(C)C)CC3)cc2)cc1. The standard InChI is InChI=1S/C45H67N5O9/c1-9-10-13-32-15-17-33(18-16-32)34-19-21-36(22-20-34)42(54)50-26-23-35(24-27-50)40(52)49-38(31(5)58-28-29(2)3)41(53)47-30(4)39(51)48-37(43(55)56)14-11-12-25-46-44(57)59-45(6,7)8/h15-22,29-31,35,37-38H,9-14,23-28H2,1-8H3,(H,46,57)(H,47,53)(H,48,51)(H,49,52)(H,55,56)/t30-,31+,37-,38-/m0/s1. The second kappa shape index (κ2) is 23.6. The monoisotopic (exact) mass is 821 g/mol. The number of likely N-dealkylation sites (tertiary alicyclic amines) is 1. The summed E-state index contributed by atoms with van der Waals surface area (Å²) >= 11 is 0. The van der Waals surface area contributed by atoms with E-state index in [1.54, 1.807) is 32.6 Å². The van der Waals surface area contributed by atoms with Crippen molar-refractivity contribution in [1.82, 2.24) is 26.2 Å². The number of unbranched alkanes of at least 4 members (excludes halogenated alkanes) is 2. The summed E-state index contributed by atoms with van der Waals surface area (Å²) in [5.74, 6) is -3.35. The number of alkyl carbamates (subject to hydrolysis) is 1. The Morgan fingerprint density at radius 3 is 1.98 bits per heavy atom. The number of carbonyl (C=O) groups is 6. The highest BCUT2D eigenvalue weighted by Gasteiger charge is 2.35. The number of nitrogens with one attached hydrogen (secondary N) is 4. The first-order valence-electron chi connectivity index (χ1n) is 21.1. The molecule has 14 nitrogen and oxygen atoms in total. The molecule has 0 aliphatic carbocycles. The van der Waals surface area contributed by atoms with Crippen LogP contribution < -0.4 is 21.3 Å². The summed E-state index contributed by atoms with van der Waals surface area (Å²) in [5, 5.41) is 20.3. The van der Waals surface area contributed by atoms with Crippen molar-refractivity contribution in [2.45, 2.75) is 137 Å². The Bertz CT molecular complexity index is 1680.